The molecule has 3 aliphatic rings. The second-order valence-electron chi connectivity index (χ2n) is 17.5. The van der Waals surface area contributed by atoms with E-state index in [-0.39, 0.29) is 0 Å². The van der Waals surface area contributed by atoms with Crippen molar-refractivity contribution in [2.75, 3.05) is 0 Å². The van der Waals surface area contributed by atoms with E-state index in [2.05, 4.69) is 174 Å². The van der Waals surface area contributed by atoms with Gasteiger partial charge in [-0.2, -0.15) is 0 Å². The lowest BCUT2D eigenvalue weighted by Crippen LogP contribution is -2.16. The highest BCUT2D eigenvalue weighted by molar-refractivity contribution is 6.17. The molecule has 0 unspecified atom stereocenters. The van der Waals surface area contributed by atoms with Gasteiger partial charge in [0.1, 0.15) is 0 Å². The van der Waals surface area contributed by atoms with Gasteiger partial charge >= 0.3 is 0 Å². The zero-order chi connectivity index (χ0) is 43.1. The summed E-state index contributed by atoms with van der Waals surface area (Å²) >= 11 is 0. The van der Waals surface area contributed by atoms with Crippen molar-refractivity contribution in [3.05, 3.63) is 197 Å². The number of benzene rings is 5. The second kappa shape index (κ2) is 15.0. The molecule has 0 saturated carbocycles. The smallest absolute Gasteiger partial charge is 0.0709 e. The maximum Gasteiger partial charge on any atom is 0.0709 e. The van der Waals surface area contributed by atoms with Crippen LogP contribution in [0.5, 0.6) is 0 Å². The Morgan fingerprint density at radius 3 is 2.33 bits per heavy atom. The highest BCUT2D eigenvalue weighted by Gasteiger charge is 2.33. The molecule has 0 aliphatic heterocycles. The van der Waals surface area contributed by atoms with Crippen LogP contribution in [0.2, 0.25) is 0 Å². The van der Waals surface area contributed by atoms with Crippen LogP contribution in [0, 0.1) is 6.92 Å². The molecule has 64 heavy (non-hydrogen) atoms. The molecule has 4 aromatic heterocycles. The van der Waals surface area contributed by atoms with Crippen LogP contribution in [-0.4, -0.2) is 19.1 Å². The van der Waals surface area contributed by atoms with E-state index in [4.69, 9.17) is 16.5 Å². The summed E-state index contributed by atoms with van der Waals surface area (Å²) in [6.45, 7) is 4.27. The predicted octanol–water partition coefficient (Wildman–Crippen LogP) is 13.1. The van der Waals surface area contributed by atoms with E-state index in [1.165, 1.54) is 82.6 Å². The number of fused-ring (bicyclic) bond motifs is 9. The van der Waals surface area contributed by atoms with Crippen LogP contribution < -0.4 is 11.5 Å². The van der Waals surface area contributed by atoms with Crippen molar-refractivity contribution in [1.29, 1.82) is 0 Å². The summed E-state index contributed by atoms with van der Waals surface area (Å²) in [4.78, 5) is 9.73. The average molecular weight is 829 g/mol. The molecule has 0 bridgehead atoms. The Bertz CT molecular complexity index is 3650. The predicted molar refractivity (Wildman–Crippen MR) is 268 cm³/mol. The number of nitrogens with zero attached hydrogens (tertiary/aromatic N) is 4. The molecular weight excluding hydrogens is 781 g/mol. The molecule has 9 aromatic rings. The summed E-state index contributed by atoms with van der Waals surface area (Å²) in [7, 11) is 0. The van der Waals surface area contributed by atoms with Crippen molar-refractivity contribution in [3.8, 4) is 28.1 Å². The third-order valence-corrected chi connectivity index (χ3v) is 13.7. The van der Waals surface area contributed by atoms with E-state index in [0.29, 0.717) is 0 Å². The summed E-state index contributed by atoms with van der Waals surface area (Å²) < 4.78 is 4.97. The standard InChI is InChI=1S/C58H48N6/c1-3-9-42(26-28-59)63-53-25-19-39(52-23-17-37-12-7-8-13-51(37)62-52)32-47(53)49-34-41-16-21-45-56-40(15-20-44(55(41)56)57(49)63)33-48-46-31-38(50(60)22-14-36-10-5-4-6-11-36)18-24-54(46)64(58(45)48)43-27-29-61-35(2)30-43/h4-10,12-14,17-19,22-34H,3,11,15-16,20-21,59-60H2,1-2H3/b28-26-,36-14-,42-9+,50-22-. The zero-order valence-electron chi connectivity index (χ0n) is 36.2. The molecule has 310 valence electrons. The quantitative estimate of drug-likeness (QED) is 0.157. The van der Waals surface area contributed by atoms with E-state index >= 15 is 0 Å². The number of rotatable bonds is 7. The number of aromatic nitrogens is 4. The van der Waals surface area contributed by atoms with Gasteiger partial charge in [-0.15, -0.1) is 0 Å². The first-order chi connectivity index (χ1) is 31.5. The van der Waals surface area contributed by atoms with Crippen molar-refractivity contribution in [3.63, 3.8) is 0 Å². The molecule has 0 amide bonds. The summed E-state index contributed by atoms with van der Waals surface area (Å²) in [5, 5.41) is 6.17. The lowest BCUT2D eigenvalue weighted by molar-refractivity contribution is 0.883. The Morgan fingerprint density at radius 2 is 1.55 bits per heavy atom. The minimum atomic E-state index is 0.761. The molecule has 6 nitrogen and oxygen atoms in total. The van der Waals surface area contributed by atoms with Crippen LogP contribution in [-0.2, 0) is 25.7 Å². The van der Waals surface area contributed by atoms with Crippen LogP contribution >= 0.6 is 0 Å². The number of hydrogen-bond acceptors (Lipinski definition) is 4. The van der Waals surface area contributed by atoms with Crippen molar-refractivity contribution >= 4 is 65.9 Å². The molecule has 4 heterocycles. The molecule has 12 rings (SSSR count). The zero-order valence-corrected chi connectivity index (χ0v) is 36.2. The van der Waals surface area contributed by atoms with Crippen molar-refractivity contribution in [2.45, 2.75) is 52.4 Å². The highest BCUT2D eigenvalue weighted by Crippen LogP contribution is 2.51. The fraction of sp³-hybridized carbons (Fsp3) is 0.138. The van der Waals surface area contributed by atoms with Gasteiger partial charge in [-0.1, -0.05) is 79.8 Å². The first-order valence-corrected chi connectivity index (χ1v) is 22.6. The molecule has 6 heteroatoms. The van der Waals surface area contributed by atoms with Crippen LogP contribution in [0.1, 0.15) is 53.3 Å². The monoisotopic (exact) mass is 828 g/mol. The number of allylic oxidation sites excluding steroid dienone is 10. The molecule has 0 atom stereocenters. The van der Waals surface area contributed by atoms with Gasteiger partial charge in [0.05, 0.1) is 33.3 Å². The second-order valence-corrected chi connectivity index (χ2v) is 17.5. The fourth-order valence-corrected chi connectivity index (χ4v) is 10.9. The molecule has 3 aliphatic carbocycles. The Hall–Kier alpha value is -7.70. The lowest BCUT2D eigenvalue weighted by Gasteiger charge is -2.31. The number of nitrogens with two attached hydrogens (primary N) is 2. The summed E-state index contributed by atoms with van der Waals surface area (Å²) in [6, 6.07) is 35.7. The molecular formula is C58H48N6. The number of aryl methyl sites for hydroxylation is 5. The van der Waals surface area contributed by atoms with Crippen molar-refractivity contribution in [2.24, 2.45) is 11.5 Å². The van der Waals surface area contributed by atoms with E-state index < -0.39 is 0 Å². The largest absolute Gasteiger partial charge is 0.405 e. The number of para-hydroxylation sites is 1. The van der Waals surface area contributed by atoms with Crippen LogP contribution in [0.25, 0.3) is 94.0 Å². The fourth-order valence-electron chi connectivity index (χ4n) is 10.9. The van der Waals surface area contributed by atoms with Gasteiger partial charge in [0, 0.05) is 61.5 Å². The number of pyridine rings is 2. The first-order valence-electron chi connectivity index (χ1n) is 22.6. The van der Waals surface area contributed by atoms with Crippen molar-refractivity contribution < 1.29 is 0 Å². The highest BCUT2D eigenvalue weighted by atomic mass is 15.0. The SMILES string of the molecule is CC/C=C(\C=C/N)n1c2ccc(-c3ccc4ccccc4n3)cc2c2cc3c4c(c21)CCc1cc2c5cc(/C(N)=C/C=C6/C=CC=CC6)ccc5n(-c5ccnc(C)c5)c2c(c1-4)CC3. The van der Waals surface area contributed by atoms with Crippen LogP contribution in [0.3, 0.4) is 0 Å². The molecule has 0 saturated heterocycles. The molecule has 0 radical (unpaired) electrons. The normalized spacial score (nSPS) is 15.6. The Balaban J connectivity index is 1.11. The number of hydrogen-bond donors (Lipinski definition) is 2. The molecule has 5 aromatic carbocycles. The molecule has 0 spiro atoms. The summed E-state index contributed by atoms with van der Waals surface area (Å²) in [6.07, 6.45) is 26.3. The third-order valence-electron chi connectivity index (χ3n) is 13.7. The Kier molecular flexibility index (Phi) is 8.90. The van der Waals surface area contributed by atoms with Gasteiger partial charge in [-0.25, -0.2) is 4.98 Å². The van der Waals surface area contributed by atoms with Gasteiger partial charge in [-0.05, 0) is 169 Å². The topological polar surface area (TPSA) is 87.7 Å². The third kappa shape index (κ3) is 5.93. The van der Waals surface area contributed by atoms with E-state index in [1.807, 2.05) is 6.20 Å². The van der Waals surface area contributed by atoms with Gasteiger partial charge in [0.25, 0.3) is 0 Å². The van der Waals surface area contributed by atoms with Gasteiger partial charge in [0.15, 0.2) is 0 Å². The van der Waals surface area contributed by atoms with Crippen LogP contribution in [0.4, 0.5) is 0 Å². The van der Waals surface area contributed by atoms with E-state index in [1.54, 1.807) is 6.20 Å². The van der Waals surface area contributed by atoms with Gasteiger partial charge in [-0.3, -0.25) is 4.98 Å². The molecule has 0 fully saturated rings. The van der Waals surface area contributed by atoms with Gasteiger partial charge < -0.3 is 20.6 Å². The first kappa shape index (κ1) is 38.0. The van der Waals surface area contributed by atoms with E-state index in [0.717, 1.165) is 89.0 Å². The van der Waals surface area contributed by atoms with Crippen molar-refractivity contribution in [1.82, 2.24) is 19.1 Å². The van der Waals surface area contributed by atoms with Crippen LogP contribution in [0.15, 0.2) is 164 Å². The average Bonchev–Trinajstić information content (AvgIpc) is 3.84. The maximum absolute atomic E-state index is 6.85. The minimum absolute atomic E-state index is 0.761. The minimum Gasteiger partial charge on any atom is -0.405 e. The Labute approximate surface area is 372 Å². The molecule has 4 N–H and O–H groups in total. The Morgan fingerprint density at radius 1 is 0.766 bits per heavy atom. The maximum atomic E-state index is 6.85. The lowest BCUT2D eigenvalue weighted by atomic mass is 9.74. The van der Waals surface area contributed by atoms with E-state index in [9.17, 15) is 0 Å². The van der Waals surface area contributed by atoms with Gasteiger partial charge in [0.2, 0.25) is 0 Å². The summed E-state index contributed by atoms with van der Waals surface area (Å²) in [5.41, 5.74) is 35.9. The summed E-state index contributed by atoms with van der Waals surface area (Å²) in [5.74, 6) is 0.